The van der Waals surface area contributed by atoms with Crippen LogP contribution in [-0.4, -0.2) is 22.5 Å². The van der Waals surface area contributed by atoms with E-state index < -0.39 is 0 Å². The fraction of sp³-hybridized carbons (Fsp3) is 0.333. The predicted molar refractivity (Wildman–Crippen MR) is 75.7 cm³/mol. The van der Waals surface area contributed by atoms with Crippen LogP contribution in [-0.2, 0) is 0 Å². The van der Waals surface area contributed by atoms with E-state index in [1.54, 1.807) is 13.0 Å². The monoisotopic (exact) mass is 290 g/mol. The molecule has 1 aromatic heterocycles. The number of halogens is 1. The van der Waals surface area contributed by atoms with Gasteiger partial charge >= 0.3 is 0 Å². The fourth-order valence-electron chi connectivity index (χ4n) is 2.65. The number of nitrogens with zero attached hydrogens (tertiary/aromatic N) is 2. The molecule has 2 aromatic rings. The van der Waals surface area contributed by atoms with Crippen LogP contribution < -0.4 is 0 Å². The Morgan fingerprint density at radius 3 is 2.80 bits per heavy atom. The molecule has 1 aromatic carbocycles. The highest BCUT2D eigenvalue weighted by Gasteiger charge is 2.32. The van der Waals surface area contributed by atoms with Crippen LogP contribution in [0.3, 0.4) is 0 Å². The number of aromatic nitrogens is 1. The summed E-state index contributed by atoms with van der Waals surface area (Å²) in [6.45, 7) is 2.55. The highest BCUT2D eigenvalue weighted by Crippen LogP contribution is 2.33. The Balaban J connectivity index is 1.85. The molecule has 1 aliphatic heterocycles. The maximum absolute atomic E-state index is 12.5. The maximum atomic E-state index is 12.5. The van der Waals surface area contributed by atoms with Gasteiger partial charge in [-0.3, -0.25) is 4.79 Å². The molecule has 0 unspecified atom stereocenters. The number of hydrogen-bond donors (Lipinski definition) is 0. The number of aryl methyl sites for hydroxylation is 1. The van der Waals surface area contributed by atoms with E-state index in [4.69, 9.17) is 16.1 Å². The van der Waals surface area contributed by atoms with E-state index in [2.05, 4.69) is 5.16 Å². The lowest BCUT2D eigenvalue weighted by Gasteiger charge is -2.24. The largest absolute Gasteiger partial charge is 0.351 e. The summed E-state index contributed by atoms with van der Waals surface area (Å²) in [5, 5.41) is 4.48. The van der Waals surface area contributed by atoms with Gasteiger partial charge in [0.05, 0.1) is 11.7 Å². The average Bonchev–Trinajstić information content (AvgIpc) is 3.07. The van der Waals surface area contributed by atoms with Gasteiger partial charge in [-0.15, -0.1) is 0 Å². The van der Waals surface area contributed by atoms with Crippen molar-refractivity contribution in [3.63, 3.8) is 0 Å². The van der Waals surface area contributed by atoms with E-state index in [0.29, 0.717) is 10.8 Å². The summed E-state index contributed by atoms with van der Waals surface area (Å²) in [7, 11) is 0. The van der Waals surface area contributed by atoms with Crippen LogP contribution in [0.2, 0.25) is 5.02 Å². The second-order valence-electron chi connectivity index (χ2n) is 5.04. The normalized spacial score (nSPS) is 18.5. The third kappa shape index (κ3) is 2.43. The molecular weight excluding hydrogens is 276 g/mol. The molecule has 0 aliphatic carbocycles. The first-order chi connectivity index (χ1) is 9.65. The van der Waals surface area contributed by atoms with Crippen molar-refractivity contribution in [3.05, 3.63) is 52.4 Å². The lowest BCUT2D eigenvalue weighted by Crippen LogP contribution is -2.30. The third-order valence-corrected chi connectivity index (χ3v) is 3.86. The minimum absolute atomic E-state index is 0.0881. The van der Waals surface area contributed by atoms with Crippen molar-refractivity contribution in [2.24, 2.45) is 0 Å². The standard InChI is InChI=1S/C15H15ClN2O2/c1-10-9-14(20-17-10)15(19)18-8-2-3-13(18)11-4-6-12(16)7-5-11/h4-7,9,13H,2-3,8H2,1H3/t13-/m0/s1. The van der Waals surface area contributed by atoms with Gasteiger partial charge in [-0.1, -0.05) is 28.9 Å². The molecule has 1 atom stereocenters. The lowest BCUT2D eigenvalue weighted by atomic mass is 10.0. The summed E-state index contributed by atoms with van der Waals surface area (Å²) in [6, 6.07) is 9.44. The second-order valence-corrected chi connectivity index (χ2v) is 5.48. The molecule has 0 radical (unpaired) electrons. The van der Waals surface area contributed by atoms with Gasteiger partial charge in [-0.05, 0) is 37.5 Å². The third-order valence-electron chi connectivity index (χ3n) is 3.61. The number of rotatable bonds is 2. The van der Waals surface area contributed by atoms with Crippen molar-refractivity contribution in [2.75, 3.05) is 6.54 Å². The van der Waals surface area contributed by atoms with Crippen molar-refractivity contribution in [1.82, 2.24) is 10.1 Å². The van der Waals surface area contributed by atoms with Gasteiger partial charge < -0.3 is 9.42 Å². The topological polar surface area (TPSA) is 46.3 Å². The molecule has 1 saturated heterocycles. The van der Waals surface area contributed by atoms with Gasteiger partial charge in [0.15, 0.2) is 0 Å². The van der Waals surface area contributed by atoms with Gasteiger partial charge in [0.1, 0.15) is 0 Å². The Labute approximate surface area is 122 Å². The number of carbonyl (C=O) groups excluding carboxylic acids is 1. The van der Waals surface area contributed by atoms with Crippen LogP contribution in [0.5, 0.6) is 0 Å². The smallest absolute Gasteiger partial charge is 0.292 e. The highest BCUT2D eigenvalue weighted by atomic mass is 35.5. The first-order valence-corrected chi connectivity index (χ1v) is 7.03. The van der Waals surface area contributed by atoms with Gasteiger partial charge in [-0.25, -0.2) is 0 Å². The van der Waals surface area contributed by atoms with Crippen LogP contribution in [0.1, 0.15) is 40.7 Å². The summed E-state index contributed by atoms with van der Waals surface area (Å²) >= 11 is 5.91. The van der Waals surface area contributed by atoms with Gasteiger partial charge in [0, 0.05) is 17.6 Å². The molecule has 1 fully saturated rings. The first-order valence-electron chi connectivity index (χ1n) is 6.65. The lowest BCUT2D eigenvalue weighted by molar-refractivity contribution is 0.0693. The molecule has 2 heterocycles. The summed E-state index contributed by atoms with van der Waals surface area (Å²) in [4.78, 5) is 14.3. The summed E-state index contributed by atoms with van der Waals surface area (Å²) in [5.74, 6) is 0.214. The Bertz CT molecular complexity index is 621. The maximum Gasteiger partial charge on any atom is 0.292 e. The van der Waals surface area contributed by atoms with Crippen molar-refractivity contribution < 1.29 is 9.32 Å². The Hall–Kier alpha value is -1.81. The number of carbonyl (C=O) groups is 1. The minimum atomic E-state index is -0.0944. The van der Waals surface area contributed by atoms with Crippen LogP contribution in [0.25, 0.3) is 0 Å². The summed E-state index contributed by atoms with van der Waals surface area (Å²) in [5.41, 5.74) is 1.83. The molecule has 1 amide bonds. The van der Waals surface area contributed by atoms with Crippen molar-refractivity contribution in [3.8, 4) is 0 Å². The molecule has 20 heavy (non-hydrogen) atoms. The molecule has 1 aliphatic rings. The molecule has 3 rings (SSSR count). The Morgan fingerprint density at radius 2 is 2.15 bits per heavy atom. The predicted octanol–water partition coefficient (Wildman–Crippen LogP) is 3.61. The molecule has 0 bridgehead atoms. The van der Waals surface area contributed by atoms with Crippen molar-refractivity contribution >= 4 is 17.5 Å². The van der Waals surface area contributed by atoms with E-state index in [1.807, 2.05) is 29.2 Å². The highest BCUT2D eigenvalue weighted by molar-refractivity contribution is 6.30. The summed E-state index contributed by atoms with van der Waals surface area (Å²) < 4.78 is 5.08. The average molecular weight is 291 g/mol. The molecule has 0 N–H and O–H groups in total. The van der Waals surface area contributed by atoms with E-state index in [0.717, 1.165) is 30.6 Å². The molecular formula is C15H15ClN2O2. The van der Waals surface area contributed by atoms with Crippen molar-refractivity contribution in [2.45, 2.75) is 25.8 Å². The first kappa shape index (κ1) is 13.2. The Kier molecular flexibility index (Phi) is 3.49. The number of benzene rings is 1. The van der Waals surface area contributed by atoms with E-state index in [-0.39, 0.29) is 11.9 Å². The zero-order valence-corrected chi connectivity index (χ0v) is 11.9. The van der Waals surface area contributed by atoms with Crippen molar-refractivity contribution in [1.29, 1.82) is 0 Å². The van der Waals surface area contributed by atoms with Crippen LogP contribution in [0.4, 0.5) is 0 Å². The van der Waals surface area contributed by atoms with E-state index >= 15 is 0 Å². The zero-order valence-electron chi connectivity index (χ0n) is 11.2. The minimum Gasteiger partial charge on any atom is -0.351 e. The fourth-order valence-corrected chi connectivity index (χ4v) is 2.77. The zero-order chi connectivity index (χ0) is 14.1. The number of amides is 1. The van der Waals surface area contributed by atoms with Crippen LogP contribution in [0, 0.1) is 6.92 Å². The number of hydrogen-bond acceptors (Lipinski definition) is 3. The van der Waals surface area contributed by atoms with Gasteiger partial charge in [0.25, 0.3) is 5.91 Å². The number of likely N-dealkylation sites (tertiary alicyclic amines) is 1. The SMILES string of the molecule is Cc1cc(C(=O)N2CCC[C@H]2c2ccc(Cl)cc2)on1. The molecule has 5 heteroatoms. The van der Waals surface area contributed by atoms with Crippen LogP contribution in [0.15, 0.2) is 34.9 Å². The van der Waals surface area contributed by atoms with E-state index in [1.165, 1.54) is 0 Å². The van der Waals surface area contributed by atoms with Gasteiger partial charge in [-0.2, -0.15) is 0 Å². The summed E-state index contributed by atoms with van der Waals surface area (Å²) in [6.07, 6.45) is 1.95. The molecule has 4 nitrogen and oxygen atoms in total. The van der Waals surface area contributed by atoms with Crippen LogP contribution >= 0.6 is 11.6 Å². The quantitative estimate of drug-likeness (QED) is 0.849. The van der Waals surface area contributed by atoms with Gasteiger partial charge in [0.2, 0.25) is 5.76 Å². The molecule has 0 spiro atoms. The second kappa shape index (κ2) is 5.29. The molecule has 104 valence electrons. The Morgan fingerprint density at radius 1 is 1.40 bits per heavy atom. The van der Waals surface area contributed by atoms with E-state index in [9.17, 15) is 4.79 Å². The molecule has 0 saturated carbocycles.